The summed E-state index contributed by atoms with van der Waals surface area (Å²) in [5, 5.41) is 6.31. The molecule has 2 N–H and O–H groups in total. The molecule has 29 heavy (non-hydrogen) atoms. The van der Waals surface area contributed by atoms with Gasteiger partial charge < -0.3 is 20.1 Å². The highest BCUT2D eigenvalue weighted by molar-refractivity contribution is 9.10. The van der Waals surface area contributed by atoms with Gasteiger partial charge in [-0.1, -0.05) is 46.7 Å². The molecule has 7 heteroatoms. The van der Waals surface area contributed by atoms with Crippen LogP contribution in [0, 0.1) is 0 Å². The first kappa shape index (κ1) is 21.6. The molecule has 5 nitrogen and oxygen atoms in total. The molecular formula is C22H25BrN2O3S. The first-order chi connectivity index (χ1) is 14.0. The lowest BCUT2D eigenvalue weighted by Gasteiger charge is -2.13. The van der Waals surface area contributed by atoms with Crippen molar-refractivity contribution in [2.75, 3.05) is 18.5 Å². The van der Waals surface area contributed by atoms with Gasteiger partial charge in [0.1, 0.15) is 0 Å². The van der Waals surface area contributed by atoms with Gasteiger partial charge in [0.15, 0.2) is 17.0 Å². The molecule has 2 aromatic rings. The highest BCUT2D eigenvalue weighted by Crippen LogP contribution is 2.37. The fourth-order valence-corrected chi connectivity index (χ4v) is 4.31. The summed E-state index contributed by atoms with van der Waals surface area (Å²) in [5.74, 6) is 1.25. The standard InChI is InChI=1S/C22H25BrN2O3S/c1-4-14-7-9-16(10-8-14)24-22-25-21(26)20(29-22)12-15-11-18(27-5-2)19(28-6-3)13-17(15)23/h7-13,22,24H,4-6H2,1-3H3,(H,25,26)/b20-12-/t22-/m1/s1. The van der Waals surface area contributed by atoms with E-state index in [1.54, 1.807) is 0 Å². The van der Waals surface area contributed by atoms with Crippen molar-refractivity contribution in [3.05, 3.63) is 56.9 Å². The number of hydrogen-bond donors (Lipinski definition) is 2. The van der Waals surface area contributed by atoms with Gasteiger partial charge >= 0.3 is 0 Å². The Bertz CT molecular complexity index is 900. The van der Waals surface area contributed by atoms with Crippen LogP contribution in [0.3, 0.4) is 0 Å². The summed E-state index contributed by atoms with van der Waals surface area (Å²) in [6.45, 7) is 7.08. The summed E-state index contributed by atoms with van der Waals surface area (Å²) in [7, 11) is 0. The second-order valence-electron chi connectivity index (χ2n) is 6.36. The van der Waals surface area contributed by atoms with Crippen LogP contribution in [0.25, 0.3) is 6.08 Å². The second kappa shape index (κ2) is 10.1. The van der Waals surface area contributed by atoms with E-state index in [1.807, 2.05) is 44.2 Å². The molecule has 0 radical (unpaired) electrons. The van der Waals surface area contributed by atoms with E-state index < -0.39 is 0 Å². The third-order valence-electron chi connectivity index (χ3n) is 4.34. The first-order valence-electron chi connectivity index (χ1n) is 9.67. The predicted molar refractivity (Wildman–Crippen MR) is 123 cm³/mol. The third kappa shape index (κ3) is 5.48. The van der Waals surface area contributed by atoms with Crippen molar-refractivity contribution in [3.8, 4) is 11.5 Å². The molecule has 0 unspecified atom stereocenters. The van der Waals surface area contributed by atoms with Gasteiger partial charge in [-0.25, -0.2) is 0 Å². The molecule has 1 amide bonds. The molecule has 1 saturated heterocycles. The van der Waals surface area contributed by atoms with Crippen LogP contribution in [0.5, 0.6) is 11.5 Å². The smallest absolute Gasteiger partial charge is 0.260 e. The van der Waals surface area contributed by atoms with Crippen LogP contribution >= 0.6 is 27.7 Å². The zero-order valence-corrected chi connectivity index (χ0v) is 19.2. The van der Waals surface area contributed by atoms with E-state index in [1.165, 1.54) is 17.3 Å². The minimum atomic E-state index is -0.214. The lowest BCUT2D eigenvalue weighted by Crippen LogP contribution is -2.30. The summed E-state index contributed by atoms with van der Waals surface area (Å²) >= 11 is 5.03. The predicted octanol–water partition coefficient (Wildman–Crippen LogP) is 5.41. The van der Waals surface area contributed by atoms with E-state index in [0.29, 0.717) is 29.6 Å². The van der Waals surface area contributed by atoms with E-state index >= 15 is 0 Å². The maximum atomic E-state index is 12.5. The molecule has 1 fully saturated rings. The fraction of sp³-hybridized carbons (Fsp3) is 0.318. The van der Waals surface area contributed by atoms with Gasteiger partial charge in [0.2, 0.25) is 0 Å². The van der Waals surface area contributed by atoms with Gasteiger partial charge in [-0.05, 0) is 61.7 Å². The van der Waals surface area contributed by atoms with Crippen LogP contribution in [0.15, 0.2) is 45.8 Å². The number of ether oxygens (including phenoxy) is 2. The zero-order chi connectivity index (χ0) is 20.8. The molecule has 0 aliphatic carbocycles. The minimum absolute atomic E-state index is 0.101. The van der Waals surface area contributed by atoms with Gasteiger partial charge in [0.25, 0.3) is 5.91 Å². The fourth-order valence-electron chi connectivity index (χ4n) is 2.89. The Morgan fingerprint density at radius 2 is 1.76 bits per heavy atom. The number of anilines is 1. The molecule has 1 heterocycles. The van der Waals surface area contributed by atoms with Crippen molar-refractivity contribution in [3.63, 3.8) is 0 Å². The molecule has 0 spiro atoms. The summed E-state index contributed by atoms with van der Waals surface area (Å²) in [6, 6.07) is 12.0. The van der Waals surface area contributed by atoms with Crippen LogP contribution in [0.1, 0.15) is 31.9 Å². The van der Waals surface area contributed by atoms with Crippen molar-refractivity contribution >= 4 is 45.4 Å². The number of hydrogen-bond acceptors (Lipinski definition) is 5. The van der Waals surface area contributed by atoms with Crippen molar-refractivity contribution in [2.45, 2.75) is 32.7 Å². The zero-order valence-electron chi connectivity index (χ0n) is 16.8. The third-order valence-corrected chi connectivity index (χ3v) is 6.06. The van der Waals surface area contributed by atoms with Crippen molar-refractivity contribution in [2.24, 2.45) is 0 Å². The van der Waals surface area contributed by atoms with E-state index in [4.69, 9.17) is 9.47 Å². The Morgan fingerprint density at radius 3 is 2.38 bits per heavy atom. The minimum Gasteiger partial charge on any atom is -0.490 e. The number of nitrogens with one attached hydrogen (secondary N) is 2. The SMILES string of the molecule is CCOc1cc(Br)c(/C=C2\S[C@H](Nc3ccc(CC)cc3)NC2=O)cc1OCC. The van der Waals surface area contributed by atoms with Crippen molar-refractivity contribution in [1.29, 1.82) is 0 Å². The Kier molecular flexibility index (Phi) is 7.50. The van der Waals surface area contributed by atoms with Crippen LogP contribution in [-0.2, 0) is 11.2 Å². The number of benzene rings is 2. The Balaban J connectivity index is 1.77. The molecule has 1 aliphatic heterocycles. The highest BCUT2D eigenvalue weighted by Gasteiger charge is 2.27. The Morgan fingerprint density at radius 1 is 1.10 bits per heavy atom. The summed E-state index contributed by atoms with van der Waals surface area (Å²) < 4.78 is 12.2. The average Bonchev–Trinajstić information content (AvgIpc) is 3.05. The molecule has 0 saturated carbocycles. The lowest BCUT2D eigenvalue weighted by atomic mass is 10.1. The summed E-state index contributed by atoms with van der Waals surface area (Å²) in [5.41, 5.74) is 2.91. The van der Waals surface area contributed by atoms with E-state index in [0.717, 1.165) is 22.1 Å². The molecule has 154 valence electrons. The monoisotopic (exact) mass is 476 g/mol. The van der Waals surface area contributed by atoms with Gasteiger partial charge in [0.05, 0.1) is 18.1 Å². The van der Waals surface area contributed by atoms with E-state index in [9.17, 15) is 4.79 Å². The van der Waals surface area contributed by atoms with Gasteiger partial charge in [-0.2, -0.15) is 0 Å². The van der Waals surface area contributed by atoms with Gasteiger partial charge in [-0.3, -0.25) is 4.79 Å². The number of aryl methyl sites for hydroxylation is 1. The molecular weight excluding hydrogens is 452 g/mol. The first-order valence-corrected chi connectivity index (χ1v) is 11.3. The van der Waals surface area contributed by atoms with E-state index in [2.05, 4.69) is 45.6 Å². The second-order valence-corrected chi connectivity index (χ2v) is 8.36. The van der Waals surface area contributed by atoms with Crippen molar-refractivity contribution in [1.82, 2.24) is 5.32 Å². The molecule has 0 aromatic heterocycles. The van der Waals surface area contributed by atoms with Gasteiger partial charge in [-0.15, -0.1) is 0 Å². The van der Waals surface area contributed by atoms with Crippen molar-refractivity contribution < 1.29 is 14.3 Å². The topological polar surface area (TPSA) is 59.6 Å². The number of rotatable bonds is 8. The number of thioether (sulfide) groups is 1. The van der Waals surface area contributed by atoms with Crippen LogP contribution < -0.4 is 20.1 Å². The molecule has 1 aliphatic rings. The van der Waals surface area contributed by atoms with Crippen LogP contribution in [0.4, 0.5) is 5.69 Å². The maximum absolute atomic E-state index is 12.5. The van der Waals surface area contributed by atoms with Crippen LogP contribution in [-0.4, -0.2) is 24.6 Å². The summed E-state index contributed by atoms with van der Waals surface area (Å²) in [4.78, 5) is 13.1. The lowest BCUT2D eigenvalue weighted by molar-refractivity contribution is -0.116. The molecule has 2 aromatic carbocycles. The quantitative estimate of drug-likeness (QED) is 0.498. The number of carbonyl (C=O) groups excluding carboxylic acids is 1. The summed E-state index contributed by atoms with van der Waals surface area (Å²) in [6.07, 6.45) is 2.87. The Labute approximate surface area is 184 Å². The number of carbonyl (C=O) groups is 1. The van der Waals surface area contributed by atoms with E-state index in [-0.39, 0.29) is 11.4 Å². The molecule has 0 bridgehead atoms. The molecule has 1 atom stereocenters. The number of amides is 1. The maximum Gasteiger partial charge on any atom is 0.260 e. The molecule has 3 rings (SSSR count). The van der Waals surface area contributed by atoms with Crippen LogP contribution in [0.2, 0.25) is 0 Å². The van der Waals surface area contributed by atoms with Gasteiger partial charge in [0, 0.05) is 10.2 Å². The largest absolute Gasteiger partial charge is 0.490 e. The highest BCUT2D eigenvalue weighted by atomic mass is 79.9. The number of halogens is 1. The Hall–Kier alpha value is -2.12. The normalized spacial score (nSPS) is 17.3. The average molecular weight is 477 g/mol.